The number of carbonyl (C=O) groups excluding carboxylic acids is 1. The van der Waals surface area contributed by atoms with Gasteiger partial charge in [-0.05, 0) is 98.2 Å². The van der Waals surface area contributed by atoms with Gasteiger partial charge in [0.15, 0.2) is 18.9 Å². The molecule has 3 unspecified atom stereocenters. The van der Waals surface area contributed by atoms with Gasteiger partial charge in [-0.2, -0.15) is 0 Å². The van der Waals surface area contributed by atoms with Crippen molar-refractivity contribution in [3.8, 4) is 0 Å². The SMILES string of the molecule is CC1(C)C2CC[C@]3(C)C(CC[C@]45OC[C@@]6(CC[C@](C)(C=O)CC64)[C@H](O)C[C@]53C)[C@@]2(C)CC[C@@H]1O[C@@H]1OC[C@H](O[C@@H]2O[C@H](CO)[C@@H](O)[C@H](O)[C@H]2O)[C@H](O)[C@H]1O[C@@H]1O[C@H](CO)[C@@H](O)[C@H](O)[C@H]1O. The first kappa shape index (κ1) is 49.0. The van der Waals surface area contributed by atoms with E-state index < -0.39 is 128 Å². The molecule has 4 saturated heterocycles. The van der Waals surface area contributed by atoms with Crippen LogP contribution in [-0.2, 0) is 38.0 Å². The number of aliphatic hydroxyl groups excluding tert-OH is 10. The van der Waals surface area contributed by atoms with E-state index in [9.17, 15) is 55.9 Å². The second kappa shape index (κ2) is 16.8. The summed E-state index contributed by atoms with van der Waals surface area (Å²) < 4.78 is 43.7. The van der Waals surface area contributed by atoms with E-state index in [4.69, 9.17) is 33.2 Å². The highest BCUT2D eigenvalue weighted by atomic mass is 16.8. The van der Waals surface area contributed by atoms with E-state index in [2.05, 4.69) is 41.5 Å². The van der Waals surface area contributed by atoms with Gasteiger partial charge < -0.3 is 89.0 Å². The third kappa shape index (κ3) is 7.00. The molecule has 9 rings (SSSR count). The molecule has 9 fully saturated rings. The first-order valence-electron chi connectivity index (χ1n) is 24.2. The van der Waals surface area contributed by atoms with Gasteiger partial charge in [-0.15, -0.1) is 0 Å². The summed E-state index contributed by atoms with van der Waals surface area (Å²) in [6.07, 6.45) is -13.9. The van der Waals surface area contributed by atoms with Crippen LogP contribution in [0.5, 0.6) is 0 Å². The van der Waals surface area contributed by atoms with E-state index in [1.165, 1.54) is 0 Å². The van der Waals surface area contributed by atoms with E-state index in [1.54, 1.807) is 0 Å². The Morgan fingerprint density at radius 3 is 1.85 bits per heavy atom. The lowest BCUT2D eigenvalue weighted by molar-refractivity contribution is -0.383. The minimum atomic E-state index is -1.82. The molecule has 5 aliphatic carbocycles. The van der Waals surface area contributed by atoms with Crippen LogP contribution in [0.2, 0.25) is 0 Å². The Kier molecular flexibility index (Phi) is 12.7. The molecule has 0 aromatic heterocycles. The van der Waals surface area contributed by atoms with Gasteiger partial charge in [0.25, 0.3) is 0 Å². The van der Waals surface area contributed by atoms with Gasteiger partial charge >= 0.3 is 0 Å². The number of hydrogen-bond donors (Lipinski definition) is 10. The topological polar surface area (TPSA) is 284 Å². The van der Waals surface area contributed by atoms with Gasteiger partial charge in [-0.1, -0.05) is 41.5 Å². The smallest absolute Gasteiger partial charge is 0.187 e. The Bertz CT molecular complexity index is 1750. The molecule has 0 radical (unpaired) electrons. The molecule has 9 aliphatic rings. The van der Waals surface area contributed by atoms with Crippen LogP contribution in [0.3, 0.4) is 0 Å². The quantitative estimate of drug-likeness (QED) is 0.104. The zero-order valence-corrected chi connectivity index (χ0v) is 38.7. The fourth-order valence-corrected chi connectivity index (χ4v) is 16.2. The minimum absolute atomic E-state index is 0.0998. The summed E-state index contributed by atoms with van der Waals surface area (Å²) in [5.74, 6) is 0.572. The highest BCUT2D eigenvalue weighted by molar-refractivity contribution is 5.59. The third-order valence-electron chi connectivity index (χ3n) is 20.2. The van der Waals surface area contributed by atoms with Crippen molar-refractivity contribution < 1.29 is 89.0 Å². The van der Waals surface area contributed by atoms with Gasteiger partial charge in [0, 0.05) is 16.2 Å². The fraction of sp³-hybridized carbons (Fsp3) is 0.979. The predicted octanol–water partition coefficient (Wildman–Crippen LogP) is -0.357. The summed E-state index contributed by atoms with van der Waals surface area (Å²) in [4.78, 5) is 12.5. The van der Waals surface area contributed by atoms with Crippen molar-refractivity contribution in [3.63, 3.8) is 0 Å². The van der Waals surface area contributed by atoms with Crippen LogP contribution >= 0.6 is 0 Å². The average molecular weight is 929 g/mol. The maximum Gasteiger partial charge on any atom is 0.187 e. The first-order chi connectivity index (χ1) is 30.5. The van der Waals surface area contributed by atoms with E-state index in [0.717, 1.165) is 57.7 Å². The largest absolute Gasteiger partial charge is 0.394 e. The Labute approximate surface area is 380 Å². The van der Waals surface area contributed by atoms with Crippen LogP contribution < -0.4 is 0 Å². The molecule has 4 aliphatic heterocycles. The maximum atomic E-state index is 12.5. The van der Waals surface area contributed by atoms with Gasteiger partial charge in [0.1, 0.15) is 73.4 Å². The standard InChI is InChI=1S/C47H76O18/c1-41(2)25-7-11-44(5)26(8-12-47-27-15-42(3,20-50)13-14-46(27,21-60-47)28(51)16-45(44,47)6)43(25,4)10-9-29(41)64-40-37(65-39-36(58)34(56)31(53)23(18-49)62-39)32(54)24(19-59-40)63-38-35(57)33(55)30(52)22(17-48)61-38/h20,22-40,48-49,51-58H,7-19,21H2,1-6H3/t22-,23-,24+,25?,26?,27?,28-,29+,30-,31-,32+,33+,34+,35-,36-,37-,38+,39+,40+,42+,43+,44-,45+,46-,47+/m1/s1. The van der Waals surface area contributed by atoms with Crippen LogP contribution in [0.15, 0.2) is 0 Å². The van der Waals surface area contributed by atoms with Gasteiger partial charge in [0.2, 0.25) is 0 Å². The Hall–Kier alpha value is -1.01. The van der Waals surface area contributed by atoms with Crippen molar-refractivity contribution in [1.29, 1.82) is 0 Å². The van der Waals surface area contributed by atoms with Crippen LogP contribution in [0, 0.1) is 50.2 Å². The van der Waals surface area contributed by atoms with Gasteiger partial charge in [0.05, 0.1) is 44.2 Å². The van der Waals surface area contributed by atoms with E-state index in [-0.39, 0.29) is 40.1 Å². The fourth-order valence-electron chi connectivity index (χ4n) is 16.2. The molecule has 4 heterocycles. The second-order valence-electron chi connectivity index (χ2n) is 23.4. The molecule has 2 bridgehead atoms. The molecule has 1 spiro atoms. The Morgan fingerprint density at radius 1 is 0.615 bits per heavy atom. The molecular weight excluding hydrogens is 852 g/mol. The number of aldehydes is 1. The zero-order valence-electron chi connectivity index (χ0n) is 38.7. The van der Waals surface area contributed by atoms with Crippen molar-refractivity contribution in [3.05, 3.63) is 0 Å². The molecule has 10 N–H and O–H groups in total. The second-order valence-corrected chi connectivity index (χ2v) is 23.4. The molecule has 5 saturated carbocycles. The molecule has 0 amide bonds. The molecule has 25 atom stereocenters. The normalized spacial score (nSPS) is 58.5. The number of carbonyl (C=O) groups is 1. The monoisotopic (exact) mass is 929 g/mol. The summed E-state index contributed by atoms with van der Waals surface area (Å²) in [6.45, 7) is 12.5. The molecule has 0 aromatic rings. The summed E-state index contributed by atoms with van der Waals surface area (Å²) in [5.41, 5.74) is -2.30. The molecule has 18 heteroatoms. The highest BCUT2D eigenvalue weighted by Crippen LogP contribution is 2.80. The number of aliphatic hydroxyl groups is 10. The van der Waals surface area contributed by atoms with Crippen LogP contribution in [-0.4, -0.2) is 188 Å². The van der Waals surface area contributed by atoms with E-state index in [0.29, 0.717) is 25.4 Å². The van der Waals surface area contributed by atoms with Crippen LogP contribution in [0.1, 0.15) is 106 Å². The molecule has 0 aromatic carbocycles. The van der Waals surface area contributed by atoms with E-state index in [1.807, 2.05) is 0 Å². The van der Waals surface area contributed by atoms with E-state index >= 15 is 0 Å². The maximum absolute atomic E-state index is 12.5. The first-order valence-corrected chi connectivity index (χ1v) is 24.2. The number of ether oxygens (including phenoxy) is 7. The summed E-state index contributed by atoms with van der Waals surface area (Å²) >= 11 is 0. The molecule has 372 valence electrons. The molecule has 65 heavy (non-hydrogen) atoms. The number of hydrogen-bond acceptors (Lipinski definition) is 18. The molecule has 18 nitrogen and oxygen atoms in total. The highest BCUT2D eigenvalue weighted by Gasteiger charge is 2.80. The zero-order chi connectivity index (χ0) is 47.0. The Morgan fingerprint density at radius 2 is 1.23 bits per heavy atom. The van der Waals surface area contributed by atoms with Gasteiger partial charge in [-0.3, -0.25) is 0 Å². The van der Waals surface area contributed by atoms with Crippen molar-refractivity contribution in [2.45, 2.75) is 210 Å². The van der Waals surface area contributed by atoms with Crippen molar-refractivity contribution >= 4 is 6.29 Å². The lowest BCUT2D eigenvalue weighted by Gasteiger charge is -2.75. The van der Waals surface area contributed by atoms with Crippen molar-refractivity contribution in [2.24, 2.45) is 50.2 Å². The lowest BCUT2D eigenvalue weighted by atomic mass is 9.30. The minimum Gasteiger partial charge on any atom is -0.394 e. The predicted molar refractivity (Wildman–Crippen MR) is 224 cm³/mol. The lowest BCUT2D eigenvalue weighted by Crippen LogP contribution is -2.74. The average Bonchev–Trinajstić information content (AvgIpc) is 3.55. The molecular formula is C47H76O18. The number of rotatable bonds is 9. The van der Waals surface area contributed by atoms with Crippen LogP contribution in [0.4, 0.5) is 0 Å². The number of fused-ring (bicyclic) bond motifs is 4. The summed E-state index contributed by atoms with van der Waals surface area (Å²) in [5, 5.41) is 108. The van der Waals surface area contributed by atoms with Crippen molar-refractivity contribution in [1.82, 2.24) is 0 Å². The summed E-state index contributed by atoms with van der Waals surface area (Å²) in [7, 11) is 0. The third-order valence-corrected chi connectivity index (χ3v) is 20.2. The summed E-state index contributed by atoms with van der Waals surface area (Å²) in [6, 6.07) is 0. The Balaban J connectivity index is 0.963. The van der Waals surface area contributed by atoms with Crippen molar-refractivity contribution in [2.75, 3.05) is 26.4 Å². The van der Waals surface area contributed by atoms with Crippen LogP contribution in [0.25, 0.3) is 0 Å². The van der Waals surface area contributed by atoms with Gasteiger partial charge in [-0.25, -0.2) is 0 Å².